The molecule has 0 aromatic rings. The van der Waals surface area contributed by atoms with Crippen molar-refractivity contribution < 1.29 is 9.18 Å². The molecule has 0 aromatic heterocycles. The fourth-order valence-electron chi connectivity index (χ4n) is 2.20. The highest BCUT2D eigenvalue weighted by Gasteiger charge is 2.33. The highest BCUT2D eigenvalue weighted by Crippen LogP contribution is 2.18. The molecular formula is C14H27FN2O. The van der Waals surface area contributed by atoms with Gasteiger partial charge in [-0.2, -0.15) is 0 Å². The number of halogens is 1. The van der Waals surface area contributed by atoms with Crippen molar-refractivity contribution in [1.82, 2.24) is 9.80 Å². The van der Waals surface area contributed by atoms with Crippen LogP contribution in [-0.4, -0.2) is 53.6 Å². The SMILES string of the molecule is C=CC(=O)N1CCN(C(C)C)C(C(C)F)C1.CC. The van der Waals surface area contributed by atoms with E-state index in [1.165, 1.54) is 6.08 Å². The first kappa shape index (κ1) is 17.1. The first-order valence-corrected chi connectivity index (χ1v) is 6.78. The van der Waals surface area contributed by atoms with Gasteiger partial charge in [-0.25, -0.2) is 4.39 Å². The lowest BCUT2D eigenvalue weighted by Crippen LogP contribution is -2.59. The van der Waals surface area contributed by atoms with E-state index in [0.29, 0.717) is 19.1 Å². The molecule has 0 N–H and O–H groups in total. The van der Waals surface area contributed by atoms with Gasteiger partial charge in [-0.3, -0.25) is 9.69 Å². The van der Waals surface area contributed by atoms with Crippen molar-refractivity contribution in [2.45, 2.75) is 52.9 Å². The maximum atomic E-state index is 13.5. The Hall–Kier alpha value is -0.900. The summed E-state index contributed by atoms with van der Waals surface area (Å²) in [5.74, 6) is -0.103. The Labute approximate surface area is 111 Å². The third kappa shape index (κ3) is 4.41. The molecule has 106 valence electrons. The molecule has 1 amide bonds. The van der Waals surface area contributed by atoms with Crippen LogP contribution in [0, 0.1) is 0 Å². The fourth-order valence-corrected chi connectivity index (χ4v) is 2.20. The van der Waals surface area contributed by atoms with Crippen molar-refractivity contribution in [1.29, 1.82) is 0 Å². The van der Waals surface area contributed by atoms with Crippen molar-refractivity contribution >= 4 is 5.91 Å². The van der Waals surface area contributed by atoms with Crippen LogP contribution in [0.5, 0.6) is 0 Å². The second-order valence-corrected chi connectivity index (χ2v) is 4.56. The first-order chi connectivity index (χ1) is 8.47. The van der Waals surface area contributed by atoms with Crippen LogP contribution < -0.4 is 0 Å². The zero-order valence-corrected chi connectivity index (χ0v) is 12.3. The normalized spacial score (nSPS) is 22.2. The van der Waals surface area contributed by atoms with Gasteiger partial charge in [0.25, 0.3) is 0 Å². The first-order valence-electron chi connectivity index (χ1n) is 6.78. The summed E-state index contributed by atoms with van der Waals surface area (Å²) in [6.07, 6.45) is 0.369. The fraction of sp³-hybridized carbons (Fsp3) is 0.786. The average molecular weight is 258 g/mol. The van der Waals surface area contributed by atoms with Crippen LogP contribution >= 0.6 is 0 Å². The maximum absolute atomic E-state index is 13.5. The van der Waals surface area contributed by atoms with Gasteiger partial charge in [0.1, 0.15) is 6.17 Å². The van der Waals surface area contributed by atoms with E-state index in [2.05, 4.69) is 25.3 Å². The van der Waals surface area contributed by atoms with Gasteiger partial charge in [0.2, 0.25) is 5.91 Å². The van der Waals surface area contributed by atoms with Gasteiger partial charge in [-0.15, -0.1) is 0 Å². The van der Waals surface area contributed by atoms with Crippen LogP contribution in [0.1, 0.15) is 34.6 Å². The molecule has 18 heavy (non-hydrogen) atoms. The van der Waals surface area contributed by atoms with Crippen molar-refractivity contribution in [3.8, 4) is 0 Å². The standard InChI is InChI=1S/C12H21FN2O.C2H6/c1-5-12(16)14-6-7-15(9(2)3)11(8-14)10(4)13;1-2/h5,9-11H,1,6-8H2,2-4H3;1-2H3. The van der Waals surface area contributed by atoms with Crippen LogP contribution in [0.2, 0.25) is 0 Å². The highest BCUT2D eigenvalue weighted by atomic mass is 19.1. The van der Waals surface area contributed by atoms with Gasteiger partial charge < -0.3 is 4.90 Å². The number of hydrogen-bond acceptors (Lipinski definition) is 2. The second-order valence-electron chi connectivity index (χ2n) is 4.56. The molecule has 0 aliphatic carbocycles. The van der Waals surface area contributed by atoms with Crippen molar-refractivity contribution in [2.75, 3.05) is 19.6 Å². The minimum atomic E-state index is -0.928. The summed E-state index contributed by atoms with van der Waals surface area (Å²) in [7, 11) is 0. The Morgan fingerprint density at radius 3 is 2.28 bits per heavy atom. The van der Waals surface area contributed by atoms with Gasteiger partial charge in [-0.1, -0.05) is 20.4 Å². The van der Waals surface area contributed by atoms with Crippen molar-refractivity contribution in [2.24, 2.45) is 0 Å². The van der Waals surface area contributed by atoms with E-state index >= 15 is 0 Å². The summed E-state index contributed by atoms with van der Waals surface area (Å²) < 4.78 is 13.5. The molecule has 1 aliphatic heterocycles. The summed E-state index contributed by atoms with van der Waals surface area (Å²) in [4.78, 5) is 15.3. The molecule has 0 spiro atoms. The van der Waals surface area contributed by atoms with E-state index in [9.17, 15) is 9.18 Å². The number of carbonyl (C=O) groups excluding carboxylic acids is 1. The predicted octanol–water partition coefficient (Wildman–Crippen LogP) is 2.48. The Balaban J connectivity index is 0.00000137. The lowest BCUT2D eigenvalue weighted by atomic mass is 10.1. The molecule has 1 fully saturated rings. The molecule has 0 saturated carbocycles. The number of rotatable bonds is 3. The highest BCUT2D eigenvalue weighted by molar-refractivity contribution is 5.87. The molecule has 1 heterocycles. The number of alkyl halides is 1. The predicted molar refractivity (Wildman–Crippen MR) is 74.3 cm³/mol. The lowest BCUT2D eigenvalue weighted by molar-refractivity contribution is -0.130. The van der Waals surface area contributed by atoms with Gasteiger partial charge in [-0.05, 0) is 26.8 Å². The summed E-state index contributed by atoms with van der Waals surface area (Å²) in [5, 5.41) is 0. The van der Waals surface area contributed by atoms with E-state index in [-0.39, 0.29) is 11.9 Å². The van der Waals surface area contributed by atoms with Gasteiger partial charge in [0.15, 0.2) is 0 Å². The maximum Gasteiger partial charge on any atom is 0.246 e. The number of amides is 1. The number of carbonyl (C=O) groups is 1. The lowest BCUT2D eigenvalue weighted by Gasteiger charge is -2.43. The van der Waals surface area contributed by atoms with Crippen molar-refractivity contribution in [3.63, 3.8) is 0 Å². The third-order valence-corrected chi connectivity index (χ3v) is 3.14. The minimum Gasteiger partial charge on any atom is -0.336 e. The molecule has 4 heteroatoms. The van der Waals surface area contributed by atoms with E-state index in [4.69, 9.17) is 0 Å². The summed E-state index contributed by atoms with van der Waals surface area (Å²) in [6, 6.07) is 0.113. The zero-order chi connectivity index (χ0) is 14.3. The molecule has 0 aromatic carbocycles. The number of piperazine rings is 1. The Morgan fingerprint density at radius 2 is 1.89 bits per heavy atom. The van der Waals surface area contributed by atoms with Crippen LogP contribution in [0.15, 0.2) is 12.7 Å². The molecule has 0 radical (unpaired) electrons. The molecule has 2 unspecified atom stereocenters. The summed E-state index contributed by atoms with van der Waals surface area (Å²) in [6.45, 7) is 15.0. The Bertz CT molecular complexity index is 267. The minimum absolute atomic E-state index is 0.103. The molecule has 1 aliphatic rings. The van der Waals surface area contributed by atoms with E-state index in [1.807, 2.05) is 13.8 Å². The van der Waals surface area contributed by atoms with Gasteiger partial charge in [0.05, 0.1) is 6.04 Å². The molecule has 2 atom stereocenters. The molecule has 0 bridgehead atoms. The zero-order valence-electron chi connectivity index (χ0n) is 12.3. The van der Waals surface area contributed by atoms with E-state index in [0.717, 1.165) is 6.54 Å². The van der Waals surface area contributed by atoms with Crippen LogP contribution in [0.25, 0.3) is 0 Å². The largest absolute Gasteiger partial charge is 0.336 e. The Morgan fingerprint density at radius 1 is 1.33 bits per heavy atom. The summed E-state index contributed by atoms with van der Waals surface area (Å²) >= 11 is 0. The third-order valence-electron chi connectivity index (χ3n) is 3.14. The molecule has 1 rings (SSSR count). The average Bonchev–Trinajstić information content (AvgIpc) is 2.39. The monoisotopic (exact) mass is 258 g/mol. The Kier molecular flexibility index (Phi) is 7.83. The second kappa shape index (κ2) is 8.25. The number of nitrogens with zero attached hydrogens (tertiary/aromatic N) is 2. The van der Waals surface area contributed by atoms with Gasteiger partial charge in [0, 0.05) is 25.7 Å². The van der Waals surface area contributed by atoms with Gasteiger partial charge >= 0.3 is 0 Å². The number of hydrogen-bond donors (Lipinski definition) is 0. The quantitative estimate of drug-likeness (QED) is 0.726. The van der Waals surface area contributed by atoms with E-state index in [1.54, 1.807) is 11.8 Å². The molecule has 1 saturated heterocycles. The van der Waals surface area contributed by atoms with E-state index < -0.39 is 6.17 Å². The summed E-state index contributed by atoms with van der Waals surface area (Å²) in [5.41, 5.74) is 0. The smallest absolute Gasteiger partial charge is 0.246 e. The molecular weight excluding hydrogens is 231 g/mol. The van der Waals surface area contributed by atoms with Crippen LogP contribution in [0.3, 0.4) is 0 Å². The van der Waals surface area contributed by atoms with Crippen LogP contribution in [-0.2, 0) is 4.79 Å². The van der Waals surface area contributed by atoms with Crippen LogP contribution in [0.4, 0.5) is 4.39 Å². The topological polar surface area (TPSA) is 23.6 Å². The van der Waals surface area contributed by atoms with Crippen molar-refractivity contribution in [3.05, 3.63) is 12.7 Å². The molecule has 3 nitrogen and oxygen atoms in total.